The Hall–Kier alpha value is -1.77. The van der Waals surface area contributed by atoms with Gasteiger partial charge in [-0.15, -0.1) is 11.8 Å². The van der Waals surface area contributed by atoms with Crippen LogP contribution in [-0.4, -0.2) is 62.6 Å². The minimum Gasteiger partial charge on any atom is -0.466 e. The summed E-state index contributed by atoms with van der Waals surface area (Å²) in [5.41, 5.74) is 1.33. The lowest BCUT2D eigenvalue weighted by Gasteiger charge is -2.39. The van der Waals surface area contributed by atoms with Crippen LogP contribution in [0.15, 0.2) is 18.2 Å². The van der Waals surface area contributed by atoms with Crippen LogP contribution in [0, 0.1) is 24.7 Å². The van der Waals surface area contributed by atoms with Crippen molar-refractivity contribution in [3.8, 4) is 0 Å². The van der Waals surface area contributed by atoms with Crippen LogP contribution in [0.1, 0.15) is 52.5 Å². The van der Waals surface area contributed by atoms with Gasteiger partial charge in [-0.05, 0) is 51.2 Å². The number of halogens is 1. The molecular weight excluding hydrogens is 488 g/mol. The van der Waals surface area contributed by atoms with E-state index in [0.29, 0.717) is 23.6 Å². The Morgan fingerprint density at radius 3 is 2.66 bits per heavy atom. The minimum atomic E-state index is -0.840. The van der Waals surface area contributed by atoms with E-state index in [1.807, 2.05) is 39.8 Å². The molecule has 2 unspecified atom stereocenters. The number of para-hydroxylation sites is 1. The van der Waals surface area contributed by atoms with Crippen LogP contribution in [0.5, 0.6) is 0 Å². The number of benzene rings is 1. The number of fused-ring (bicyclic) bond motifs is 1. The molecule has 1 aromatic rings. The number of anilines is 1. The van der Waals surface area contributed by atoms with Gasteiger partial charge in [-0.3, -0.25) is 14.4 Å². The van der Waals surface area contributed by atoms with Crippen LogP contribution in [0.3, 0.4) is 0 Å². The fraction of sp³-hybridized carbons (Fsp3) is 0.654. The molecule has 3 saturated heterocycles. The molecule has 4 rings (SSSR count). The summed E-state index contributed by atoms with van der Waals surface area (Å²) >= 11 is 8.00. The van der Waals surface area contributed by atoms with Gasteiger partial charge in [-0.2, -0.15) is 0 Å². The van der Waals surface area contributed by atoms with E-state index in [0.717, 1.165) is 12.0 Å². The van der Waals surface area contributed by atoms with Gasteiger partial charge >= 0.3 is 5.97 Å². The predicted molar refractivity (Wildman–Crippen MR) is 137 cm³/mol. The van der Waals surface area contributed by atoms with E-state index in [4.69, 9.17) is 16.3 Å². The van der Waals surface area contributed by atoms with Crippen molar-refractivity contribution in [2.24, 2.45) is 17.8 Å². The molecule has 9 heteroatoms. The standard InChI is InChI=1S/C26H35ClN2O5S/c1-6-14(3)17(13-30)29-21(22(31)28-20-15(4)9-8-10-16(20)27)26-12-11-25(5,35-26)19(18(26)23(29)32)24(33)34-7-2/h8-10,14,17-19,21,30H,6-7,11-13H2,1-5H3,(H,28,31)/t14-,17-,18-,19+,21?,25-,26?/m0/s1. The summed E-state index contributed by atoms with van der Waals surface area (Å²) in [4.78, 5) is 42.9. The largest absolute Gasteiger partial charge is 0.466 e. The number of carbonyl (C=O) groups is 3. The van der Waals surface area contributed by atoms with Gasteiger partial charge in [0.2, 0.25) is 11.8 Å². The first-order chi connectivity index (χ1) is 16.6. The van der Waals surface area contributed by atoms with E-state index in [2.05, 4.69) is 5.32 Å². The van der Waals surface area contributed by atoms with E-state index >= 15 is 0 Å². The third-order valence-corrected chi connectivity index (χ3v) is 10.6. The summed E-state index contributed by atoms with van der Waals surface area (Å²) in [6, 6.07) is 4.02. The quantitative estimate of drug-likeness (QED) is 0.500. The Morgan fingerprint density at radius 1 is 1.34 bits per heavy atom. The highest BCUT2D eigenvalue weighted by Gasteiger charge is 2.78. The van der Waals surface area contributed by atoms with Crippen molar-refractivity contribution < 1.29 is 24.2 Å². The minimum absolute atomic E-state index is 0.0321. The molecule has 192 valence electrons. The van der Waals surface area contributed by atoms with E-state index in [9.17, 15) is 19.5 Å². The average Bonchev–Trinajstić information content (AvgIpc) is 3.38. The van der Waals surface area contributed by atoms with E-state index in [1.54, 1.807) is 29.7 Å². The van der Waals surface area contributed by atoms with Crippen LogP contribution in [-0.2, 0) is 19.1 Å². The number of likely N-dealkylation sites (tertiary alicyclic amines) is 1. The number of rotatable bonds is 8. The molecule has 1 spiro atoms. The first-order valence-electron chi connectivity index (χ1n) is 12.4. The Labute approximate surface area is 216 Å². The second-order valence-electron chi connectivity index (χ2n) is 10.3. The van der Waals surface area contributed by atoms with Gasteiger partial charge in [0.05, 0.1) is 46.5 Å². The molecule has 2 amide bonds. The van der Waals surface area contributed by atoms with Gasteiger partial charge in [0, 0.05) is 4.75 Å². The van der Waals surface area contributed by atoms with Crippen molar-refractivity contribution >= 4 is 46.8 Å². The Balaban J connectivity index is 1.82. The third-order valence-electron chi connectivity index (χ3n) is 8.32. The highest BCUT2D eigenvalue weighted by molar-refractivity contribution is 8.02. The fourth-order valence-corrected chi connectivity index (χ4v) is 9.01. The van der Waals surface area contributed by atoms with Crippen LogP contribution < -0.4 is 5.32 Å². The van der Waals surface area contributed by atoms with E-state index in [-0.39, 0.29) is 36.9 Å². The zero-order valence-electron chi connectivity index (χ0n) is 21.0. The van der Waals surface area contributed by atoms with Gasteiger partial charge in [0.1, 0.15) is 6.04 Å². The topological polar surface area (TPSA) is 95.9 Å². The molecule has 2 N–H and O–H groups in total. The zero-order chi connectivity index (χ0) is 25.7. The van der Waals surface area contributed by atoms with Crippen molar-refractivity contribution in [2.45, 2.75) is 75.5 Å². The summed E-state index contributed by atoms with van der Waals surface area (Å²) < 4.78 is 4.16. The fourth-order valence-electron chi connectivity index (χ4n) is 6.41. The van der Waals surface area contributed by atoms with Gasteiger partial charge in [-0.1, -0.05) is 44.0 Å². The summed E-state index contributed by atoms with van der Waals surface area (Å²) in [5, 5.41) is 13.8. The SMILES string of the molecule is CCOC(=O)[C@H]1[C@H]2C(=O)N([C@@H](CO)[C@@H](C)CC)C(C(=O)Nc3c(C)cccc3Cl)C23CC[C@]1(C)S3. The van der Waals surface area contributed by atoms with Crippen LogP contribution in [0.2, 0.25) is 5.02 Å². The summed E-state index contributed by atoms with van der Waals surface area (Å²) in [7, 11) is 0. The number of aliphatic hydroxyl groups is 1. The second kappa shape index (κ2) is 9.60. The first kappa shape index (κ1) is 26.3. The lowest BCUT2D eigenvalue weighted by Crippen LogP contribution is -2.56. The molecule has 0 aliphatic carbocycles. The number of aryl methyl sites for hydroxylation is 1. The van der Waals surface area contributed by atoms with Gasteiger partial charge < -0.3 is 20.1 Å². The molecule has 0 saturated carbocycles. The maximum atomic E-state index is 14.1. The smallest absolute Gasteiger partial charge is 0.311 e. The number of ether oxygens (including phenoxy) is 1. The second-order valence-corrected chi connectivity index (χ2v) is 12.6. The Morgan fingerprint density at radius 2 is 2.06 bits per heavy atom. The highest BCUT2D eigenvalue weighted by atomic mass is 35.5. The molecule has 0 radical (unpaired) electrons. The molecule has 1 aromatic carbocycles. The van der Waals surface area contributed by atoms with Gasteiger partial charge in [0.25, 0.3) is 0 Å². The summed E-state index contributed by atoms with van der Waals surface area (Å²) in [5.74, 6) is -2.29. The monoisotopic (exact) mass is 522 g/mol. The van der Waals surface area contributed by atoms with Crippen LogP contribution >= 0.6 is 23.4 Å². The molecule has 7 atom stereocenters. The van der Waals surface area contributed by atoms with Gasteiger partial charge in [-0.25, -0.2) is 0 Å². The number of hydrogen-bond donors (Lipinski definition) is 2. The Bertz CT molecular complexity index is 1020. The molecule has 3 heterocycles. The number of amides is 2. The number of thioether (sulfide) groups is 1. The summed E-state index contributed by atoms with van der Waals surface area (Å²) in [6.45, 7) is 9.57. The zero-order valence-corrected chi connectivity index (χ0v) is 22.5. The number of hydrogen-bond acceptors (Lipinski definition) is 6. The molecule has 0 aromatic heterocycles. The third kappa shape index (κ3) is 3.96. The highest BCUT2D eigenvalue weighted by Crippen LogP contribution is 2.71. The van der Waals surface area contributed by atoms with E-state index in [1.165, 1.54) is 0 Å². The average molecular weight is 523 g/mol. The molecule has 7 nitrogen and oxygen atoms in total. The Kier molecular flexibility index (Phi) is 7.21. The molecule has 3 aliphatic rings. The van der Waals surface area contributed by atoms with Crippen molar-refractivity contribution in [1.82, 2.24) is 4.90 Å². The molecule has 3 fully saturated rings. The molecule has 2 bridgehead atoms. The van der Waals surface area contributed by atoms with Crippen molar-refractivity contribution in [1.29, 1.82) is 0 Å². The number of nitrogens with zero attached hydrogens (tertiary/aromatic N) is 1. The summed E-state index contributed by atoms with van der Waals surface area (Å²) in [6.07, 6.45) is 2.08. The first-order valence-corrected chi connectivity index (χ1v) is 13.6. The van der Waals surface area contributed by atoms with Crippen molar-refractivity contribution in [3.05, 3.63) is 28.8 Å². The van der Waals surface area contributed by atoms with Crippen molar-refractivity contribution in [3.63, 3.8) is 0 Å². The molecular formula is C26H35ClN2O5S. The number of esters is 1. The maximum Gasteiger partial charge on any atom is 0.311 e. The van der Waals surface area contributed by atoms with E-state index < -0.39 is 33.4 Å². The van der Waals surface area contributed by atoms with Gasteiger partial charge in [0.15, 0.2) is 0 Å². The number of aliphatic hydroxyl groups excluding tert-OH is 1. The number of carbonyl (C=O) groups excluding carboxylic acids is 3. The number of nitrogens with one attached hydrogen (secondary N) is 1. The van der Waals surface area contributed by atoms with Crippen LogP contribution in [0.25, 0.3) is 0 Å². The molecule has 35 heavy (non-hydrogen) atoms. The predicted octanol–water partition coefficient (Wildman–Crippen LogP) is 4.04. The lowest BCUT2D eigenvalue weighted by atomic mass is 9.66. The van der Waals surface area contributed by atoms with Crippen LogP contribution in [0.4, 0.5) is 5.69 Å². The lowest BCUT2D eigenvalue weighted by molar-refractivity contribution is -0.155. The molecule has 3 aliphatic heterocycles. The normalized spacial score (nSPS) is 32.9. The van der Waals surface area contributed by atoms with Crippen molar-refractivity contribution in [2.75, 3.05) is 18.5 Å². The maximum absolute atomic E-state index is 14.1.